The molecule has 0 atom stereocenters. The Labute approximate surface area is 143 Å². The first kappa shape index (κ1) is 15.8. The number of nitrogens with one attached hydrogen (secondary N) is 1. The van der Waals surface area contributed by atoms with Crippen LogP contribution in [0.5, 0.6) is 5.75 Å². The minimum atomic E-state index is -3.76. The maximum Gasteiger partial charge on any atom is 0.417 e. The first-order valence-corrected chi connectivity index (χ1v) is 9.25. The summed E-state index contributed by atoms with van der Waals surface area (Å²) in [6.45, 7) is 0.400. The Morgan fingerprint density at radius 3 is 2.84 bits per heavy atom. The number of aromatic nitrogens is 1. The van der Waals surface area contributed by atoms with Crippen LogP contribution in [-0.4, -0.2) is 27.1 Å². The first-order valence-electron chi connectivity index (χ1n) is 7.81. The number of H-pyrrole nitrogens is 1. The third-order valence-electron chi connectivity index (χ3n) is 4.34. The molecule has 2 heterocycles. The molecule has 4 rings (SSSR count). The lowest BCUT2D eigenvalue weighted by Gasteiger charge is -2.30. The molecule has 0 amide bonds. The second-order valence-electron chi connectivity index (χ2n) is 5.85. The molecule has 0 unspecified atom stereocenters. The van der Waals surface area contributed by atoms with Crippen LogP contribution in [0.3, 0.4) is 0 Å². The topological polar surface area (TPSA) is 92.6 Å². The summed E-state index contributed by atoms with van der Waals surface area (Å²) >= 11 is 0. The van der Waals surface area contributed by atoms with Gasteiger partial charge < -0.3 is 9.15 Å². The summed E-state index contributed by atoms with van der Waals surface area (Å²) in [5.74, 6) is 0.0912. The van der Waals surface area contributed by atoms with Gasteiger partial charge in [-0.05, 0) is 48.7 Å². The standard InChI is InChI=1S/C17H16N2O5S/c1-23-12-4-7-15-11(9-12)3-2-8-19(15)25(21,22)13-5-6-14-16(10-13)24-17(20)18-14/h4-7,9-10H,2-3,8H2,1H3,(H,18,20). The second kappa shape index (κ2) is 5.66. The molecule has 0 saturated carbocycles. The predicted molar refractivity (Wildman–Crippen MR) is 92.7 cm³/mol. The van der Waals surface area contributed by atoms with Gasteiger partial charge in [-0.1, -0.05) is 0 Å². The molecule has 1 aromatic heterocycles. The van der Waals surface area contributed by atoms with Crippen molar-refractivity contribution in [1.29, 1.82) is 0 Å². The van der Waals surface area contributed by atoms with Gasteiger partial charge in [0.25, 0.3) is 10.0 Å². The van der Waals surface area contributed by atoms with E-state index in [1.165, 1.54) is 22.5 Å². The largest absolute Gasteiger partial charge is 0.497 e. The Hall–Kier alpha value is -2.74. The van der Waals surface area contributed by atoms with E-state index in [1.807, 2.05) is 6.07 Å². The zero-order valence-corrected chi connectivity index (χ0v) is 14.3. The van der Waals surface area contributed by atoms with Crippen LogP contribution in [0.15, 0.2) is 50.5 Å². The van der Waals surface area contributed by atoms with Crippen molar-refractivity contribution >= 4 is 26.8 Å². The summed E-state index contributed by atoms with van der Waals surface area (Å²) < 4.78 is 37.8. The number of oxazole rings is 1. The van der Waals surface area contributed by atoms with Gasteiger partial charge in [0.05, 0.1) is 23.2 Å². The van der Waals surface area contributed by atoms with Crippen molar-refractivity contribution in [3.8, 4) is 5.75 Å². The molecule has 8 heteroatoms. The zero-order valence-electron chi connectivity index (χ0n) is 13.5. The molecule has 1 aliphatic heterocycles. The SMILES string of the molecule is COc1ccc2c(c1)CCCN2S(=O)(=O)c1ccc2[nH]c(=O)oc2c1. The van der Waals surface area contributed by atoms with E-state index in [1.54, 1.807) is 19.2 Å². The van der Waals surface area contributed by atoms with Gasteiger partial charge in [0.2, 0.25) is 0 Å². The van der Waals surface area contributed by atoms with Gasteiger partial charge in [0.15, 0.2) is 5.58 Å². The van der Waals surface area contributed by atoms with Crippen LogP contribution < -0.4 is 14.8 Å². The van der Waals surface area contributed by atoms with E-state index >= 15 is 0 Å². The average molecular weight is 360 g/mol. The van der Waals surface area contributed by atoms with Gasteiger partial charge >= 0.3 is 5.76 Å². The fourth-order valence-electron chi connectivity index (χ4n) is 3.13. The van der Waals surface area contributed by atoms with Gasteiger partial charge in [0.1, 0.15) is 5.75 Å². The van der Waals surface area contributed by atoms with Crippen molar-refractivity contribution in [3.63, 3.8) is 0 Å². The lowest BCUT2D eigenvalue weighted by atomic mass is 10.0. The number of sulfonamides is 1. The number of benzene rings is 2. The highest BCUT2D eigenvalue weighted by atomic mass is 32.2. The summed E-state index contributed by atoms with van der Waals surface area (Å²) in [6, 6.07) is 9.76. The van der Waals surface area contributed by atoms with Crippen LogP contribution in [0.25, 0.3) is 11.1 Å². The van der Waals surface area contributed by atoms with Crippen LogP contribution in [0.2, 0.25) is 0 Å². The third kappa shape index (κ3) is 2.58. The first-order chi connectivity index (χ1) is 12.0. The fourth-order valence-corrected chi connectivity index (χ4v) is 4.69. The highest BCUT2D eigenvalue weighted by molar-refractivity contribution is 7.92. The number of methoxy groups -OCH3 is 1. The van der Waals surface area contributed by atoms with Crippen LogP contribution in [0, 0.1) is 0 Å². The van der Waals surface area contributed by atoms with Crippen molar-refractivity contribution in [2.45, 2.75) is 17.7 Å². The maximum atomic E-state index is 13.1. The van der Waals surface area contributed by atoms with Gasteiger partial charge in [-0.25, -0.2) is 13.2 Å². The lowest BCUT2D eigenvalue weighted by Crippen LogP contribution is -2.35. The van der Waals surface area contributed by atoms with E-state index in [0.29, 0.717) is 23.5 Å². The smallest absolute Gasteiger partial charge is 0.417 e. The molecule has 0 saturated heterocycles. The van der Waals surface area contributed by atoms with Crippen molar-refractivity contribution in [2.75, 3.05) is 18.0 Å². The van der Waals surface area contributed by atoms with E-state index in [9.17, 15) is 13.2 Å². The lowest BCUT2D eigenvalue weighted by molar-refractivity contribution is 0.414. The fraction of sp³-hybridized carbons (Fsp3) is 0.235. The predicted octanol–water partition coefficient (Wildman–Crippen LogP) is 2.27. The van der Waals surface area contributed by atoms with Crippen molar-refractivity contribution in [3.05, 3.63) is 52.5 Å². The Balaban J connectivity index is 1.81. The van der Waals surface area contributed by atoms with Crippen molar-refractivity contribution in [2.24, 2.45) is 0 Å². The van der Waals surface area contributed by atoms with E-state index in [-0.39, 0.29) is 10.5 Å². The monoisotopic (exact) mass is 360 g/mol. The highest BCUT2D eigenvalue weighted by Crippen LogP contribution is 2.34. The number of hydrogen-bond acceptors (Lipinski definition) is 5. The molecule has 130 valence electrons. The number of aryl methyl sites for hydroxylation is 1. The van der Waals surface area contributed by atoms with Gasteiger partial charge in [-0.15, -0.1) is 0 Å². The number of aromatic amines is 1. The summed E-state index contributed by atoms with van der Waals surface area (Å²) in [5, 5.41) is 0. The molecule has 0 fully saturated rings. The molecule has 0 aliphatic carbocycles. The molecule has 0 bridgehead atoms. The molecule has 7 nitrogen and oxygen atoms in total. The molecule has 2 aromatic carbocycles. The normalized spacial score (nSPS) is 14.5. The van der Waals surface area contributed by atoms with Crippen LogP contribution in [0.4, 0.5) is 5.69 Å². The second-order valence-corrected chi connectivity index (χ2v) is 7.71. The summed E-state index contributed by atoms with van der Waals surface area (Å²) in [5.41, 5.74) is 2.27. The Morgan fingerprint density at radius 1 is 1.20 bits per heavy atom. The average Bonchev–Trinajstić information content (AvgIpc) is 2.99. The molecule has 3 aromatic rings. The summed E-state index contributed by atoms with van der Waals surface area (Å²) in [4.78, 5) is 13.9. The molecule has 0 radical (unpaired) electrons. The maximum absolute atomic E-state index is 13.1. The van der Waals surface area contributed by atoms with E-state index < -0.39 is 15.8 Å². The number of fused-ring (bicyclic) bond motifs is 2. The third-order valence-corrected chi connectivity index (χ3v) is 6.15. The summed E-state index contributed by atoms with van der Waals surface area (Å²) in [6.07, 6.45) is 1.52. The molecule has 1 aliphatic rings. The number of anilines is 1. The Bertz CT molecular complexity index is 1110. The molecule has 0 spiro atoms. The number of hydrogen-bond donors (Lipinski definition) is 1. The van der Waals surface area contributed by atoms with Gasteiger partial charge in [0, 0.05) is 12.6 Å². The van der Waals surface area contributed by atoms with Crippen molar-refractivity contribution in [1.82, 2.24) is 4.98 Å². The van der Waals surface area contributed by atoms with Crippen LogP contribution in [0.1, 0.15) is 12.0 Å². The molecule has 1 N–H and O–H groups in total. The number of nitrogens with zero attached hydrogens (tertiary/aromatic N) is 1. The Morgan fingerprint density at radius 2 is 2.04 bits per heavy atom. The molecular formula is C17H16N2O5S. The van der Waals surface area contributed by atoms with Crippen molar-refractivity contribution < 1.29 is 17.6 Å². The van der Waals surface area contributed by atoms with Crippen LogP contribution in [-0.2, 0) is 16.4 Å². The number of rotatable bonds is 3. The van der Waals surface area contributed by atoms with Crippen LogP contribution >= 0.6 is 0 Å². The highest BCUT2D eigenvalue weighted by Gasteiger charge is 2.29. The molecule has 25 heavy (non-hydrogen) atoms. The van der Waals surface area contributed by atoms with Gasteiger partial charge in [-0.3, -0.25) is 9.29 Å². The Kier molecular flexibility index (Phi) is 3.57. The van der Waals surface area contributed by atoms with E-state index in [4.69, 9.17) is 9.15 Å². The number of ether oxygens (including phenoxy) is 1. The minimum Gasteiger partial charge on any atom is -0.497 e. The molecular weight excluding hydrogens is 344 g/mol. The zero-order chi connectivity index (χ0) is 17.6. The minimum absolute atomic E-state index is 0.0893. The van der Waals surface area contributed by atoms with E-state index in [2.05, 4.69) is 4.98 Å². The van der Waals surface area contributed by atoms with Gasteiger partial charge in [-0.2, -0.15) is 0 Å². The summed E-state index contributed by atoms with van der Waals surface area (Å²) in [7, 11) is -2.18. The van der Waals surface area contributed by atoms with E-state index in [0.717, 1.165) is 18.4 Å². The quantitative estimate of drug-likeness (QED) is 0.773.